The minimum absolute atomic E-state index is 0.458. The summed E-state index contributed by atoms with van der Waals surface area (Å²) in [6.07, 6.45) is 0. The number of amidine groups is 1. The molecule has 1 aliphatic heterocycles. The van der Waals surface area contributed by atoms with Gasteiger partial charge in [-0.25, -0.2) is 4.99 Å². The van der Waals surface area contributed by atoms with Gasteiger partial charge in [-0.15, -0.1) is 0 Å². The van der Waals surface area contributed by atoms with Crippen molar-refractivity contribution in [2.45, 2.75) is 19.5 Å². The van der Waals surface area contributed by atoms with Gasteiger partial charge in [0.15, 0.2) is 5.66 Å². The second kappa shape index (κ2) is 5.52. The fourth-order valence-corrected chi connectivity index (χ4v) is 2.56. The predicted molar refractivity (Wildman–Crippen MR) is 87.9 cm³/mol. The van der Waals surface area contributed by atoms with E-state index in [-0.39, 0.29) is 0 Å². The number of nitrogens with zero attached hydrogens (tertiary/aromatic N) is 2. The lowest BCUT2D eigenvalue weighted by molar-refractivity contribution is 0.478. The lowest BCUT2D eigenvalue weighted by atomic mass is 10.0. The van der Waals surface area contributed by atoms with Gasteiger partial charge < -0.3 is 5.32 Å². The third-order valence-electron chi connectivity index (χ3n) is 3.62. The van der Waals surface area contributed by atoms with Gasteiger partial charge >= 0.3 is 0 Å². The zero-order chi connectivity index (χ0) is 14.7. The highest BCUT2D eigenvalue weighted by atomic mass is 15.2. The molecule has 0 bridgehead atoms. The fourth-order valence-electron chi connectivity index (χ4n) is 2.56. The molecule has 106 valence electrons. The summed E-state index contributed by atoms with van der Waals surface area (Å²) in [4.78, 5) is 9.51. The molecule has 0 saturated carbocycles. The van der Waals surface area contributed by atoms with Crippen molar-refractivity contribution in [1.82, 2.24) is 5.32 Å². The molecule has 0 amide bonds. The maximum absolute atomic E-state index is 4.94. The van der Waals surface area contributed by atoms with Gasteiger partial charge in [-0.2, -0.15) is 0 Å². The molecule has 0 aromatic heterocycles. The van der Waals surface area contributed by atoms with Crippen molar-refractivity contribution in [3.63, 3.8) is 0 Å². The summed E-state index contributed by atoms with van der Waals surface area (Å²) in [6.45, 7) is 4.86. The lowest BCUT2D eigenvalue weighted by Gasteiger charge is -2.22. The lowest BCUT2D eigenvalue weighted by Crippen LogP contribution is -2.37. The molecular weight excluding hydrogens is 258 g/mol. The summed E-state index contributed by atoms with van der Waals surface area (Å²) in [6, 6.07) is 20.5. The second-order valence-corrected chi connectivity index (χ2v) is 5.21. The Bertz CT molecular complexity index is 674. The van der Waals surface area contributed by atoms with E-state index in [1.807, 2.05) is 43.3 Å². The van der Waals surface area contributed by atoms with Crippen LogP contribution in [0, 0.1) is 0 Å². The largest absolute Gasteiger partial charge is 0.341 e. The minimum atomic E-state index is -0.458. The first-order valence-electron chi connectivity index (χ1n) is 7.27. The van der Waals surface area contributed by atoms with Crippen LogP contribution in [0.15, 0.2) is 70.6 Å². The van der Waals surface area contributed by atoms with Gasteiger partial charge in [-0.3, -0.25) is 4.99 Å². The van der Waals surface area contributed by atoms with E-state index in [4.69, 9.17) is 4.99 Å². The van der Waals surface area contributed by atoms with Crippen molar-refractivity contribution in [3.05, 3.63) is 71.8 Å². The molecule has 2 aromatic carbocycles. The summed E-state index contributed by atoms with van der Waals surface area (Å²) in [5.41, 5.74) is 2.71. The monoisotopic (exact) mass is 277 g/mol. The first kappa shape index (κ1) is 13.6. The maximum Gasteiger partial charge on any atom is 0.154 e. The maximum atomic E-state index is 4.94. The van der Waals surface area contributed by atoms with Gasteiger partial charge in [0.25, 0.3) is 0 Å². The zero-order valence-electron chi connectivity index (χ0n) is 12.4. The summed E-state index contributed by atoms with van der Waals surface area (Å²) < 4.78 is 0. The van der Waals surface area contributed by atoms with E-state index in [9.17, 15) is 0 Å². The number of benzene rings is 2. The van der Waals surface area contributed by atoms with E-state index in [1.54, 1.807) is 0 Å². The topological polar surface area (TPSA) is 36.8 Å². The second-order valence-electron chi connectivity index (χ2n) is 5.21. The summed E-state index contributed by atoms with van der Waals surface area (Å²) in [7, 11) is 0. The van der Waals surface area contributed by atoms with Gasteiger partial charge in [0.2, 0.25) is 0 Å². The fraction of sp³-hybridized carbons (Fsp3) is 0.222. The highest BCUT2D eigenvalue weighted by Gasteiger charge is 2.35. The average Bonchev–Trinajstić information content (AvgIpc) is 2.88. The van der Waals surface area contributed by atoms with Crippen molar-refractivity contribution in [3.8, 4) is 0 Å². The minimum Gasteiger partial charge on any atom is -0.341 e. The number of aliphatic imine (C=N–C) groups is 2. The summed E-state index contributed by atoms with van der Waals surface area (Å²) in [5, 5.41) is 3.48. The van der Waals surface area contributed by atoms with Crippen LogP contribution < -0.4 is 5.32 Å². The van der Waals surface area contributed by atoms with Crippen LogP contribution in [0.2, 0.25) is 0 Å². The number of nitrogens with one attached hydrogen (secondary N) is 1. The molecule has 1 heterocycles. The Hall–Kier alpha value is -2.42. The first-order valence-corrected chi connectivity index (χ1v) is 7.27. The molecule has 1 unspecified atom stereocenters. The molecule has 0 saturated heterocycles. The zero-order valence-corrected chi connectivity index (χ0v) is 12.4. The number of rotatable bonds is 3. The van der Waals surface area contributed by atoms with Crippen molar-refractivity contribution < 1.29 is 0 Å². The highest BCUT2D eigenvalue weighted by molar-refractivity contribution is 6.49. The van der Waals surface area contributed by atoms with Crippen LogP contribution in [0.1, 0.15) is 25.0 Å². The molecular formula is C18H19N3. The Labute approximate surface area is 125 Å². The van der Waals surface area contributed by atoms with E-state index in [2.05, 4.69) is 41.5 Å². The third kappa shape index (κ3) is 2.59. The Balaban J connectivity index is 2.07. The number of hydrogen-bond donors (Lipinski definition) is 1. The van der Waals surface area contributed by atoms with Crippen LogP contribution >= 0.6 is 0 Å². The Kier molecular flexibility index (Phi) is 3.57. The van der Waals surface area contributed by atoms with Crippen LogP contribution in [-0.4, -0.2) is 18.1 Å². The third-order valence-corrected chi connectivity index (χ3v) is 3.62. The van der Waals surface area contributed by atoms with Gasteiger partial charge in [-0.05, 0) is 19.4 Å². The molecule has 3 rings (SSSR count). The van der Waals surface area contributed by atoms with Crippen LogP contribution in [0.25, 0.3) is 0 Å². The van der Waals surface area contributed by atoms with Crippen LogP contribution in [0.5, 0.6) is 0 Å². The molecule has 0 aliphatic carbocycles. The quantitative estimate of drug-likeness (QED) is 0.917. The van der Waals surface area contributed by atoms with Crippen molar-refractivity contribution in [1.29, 1.82) is 0 Å². The SMILES string of the molecule is CCN=C1NC(C)(c2ccccc2)N=C1c1ccccc1. The highest BCUT2D eigenvalue weighted by Crippen LogP contribution is 2.28. The van der Waals surface area contributed by atoms with Gasteiger partial charge in [0, 0.05) is 12.1 Å². The molecule has 0 spiro atoms. The predicted octanol–water partition coefficient (Wildman–Crippen LogP) is 3.37. The molecule has 1 aliphatic rings. The van der Waals surface area contributed by atoms with Gasteiger partial charge in [0.05, 0.1) is 0 Å². The molecule has 1 atom stereocenters. The number of hydrogen-bond acceptors (Lipinski definition) is 2. The molecule has 2 aromatic rings. The van der Waals surface area contributed by atoms with Crippen molar-refractivity contribution in [2.24, 2.45) is 9.98 Å². The molecule has 3 heteroatoms. The molecule has 1 N–H and O–H groups in total. The van der Waals surface area contributed by atoms with Gasteiger partial charge in [0.1, 0.15) is 11.5 Å². The standard InChI is InChI=1S/C18H19N3/c1-3-19-17-16(14-10-6-4-7-11-14)20-18(2,21-17)15-12-8-5-9-13-15/h4-13H,3H2,1-2H3,(H,19,21). The molecule has 3 nitrogen and oxygen atoms in total. The molecule has 21 heavy (non-hydrogen) atoms. The summed E-state index contributed by atoms with van der Waals surface area (Å²) >= 11 is 0. The smallest absolute Gasteiger partial charge is 0.154 e. The van der Waals surface area contributed by atoms with E-state index in [1.165, 1.54) is 0 Å². The van der Waals surface area contributed by atoms with Crippen LogP contribution in [0.3, 0.4) is 0 Å². The molecule has 0 radical (unpaired) electrons. The van der Waals surface area contributed by atoms with Crippen LogP contribution in [-0.2, 0) is 5.66 Å². The van der Waals surface area contributed by atoms with E-state index >= 15 is 0 Å². The van der Waals surface area contributed by atoms with Crippen molar-refractivity contribution >= 4 is 11.5 Å². The van der Waals surface area contributed by atoms with E-state index in [0.29, 0.717) is 0 Å². The summed E-state index contributed by atoms with van der Waals surface area (Å²) in [5.74, 6) is 0.870. The van der Waals surface area contributed by atoms with E-state index < -0.39 is 5.66 Å². The molecule has 0 fully saturated rings. The average molecular weight is 277 g/mol. The van der Waals surface area contributed by atoms with Crippen molar-refractivity contribution in [2.75, 3.05) is 6.54 Å². The van der Waals surface area contributed by atoms with E-state index in [0.717, 1.165) is 29.2 Å². The Morgan fingerprint density at radius 3 is 2.24 bits per heavy atom. The van der Waals surface area contributed by atoms with Crippen LogP contribution in [0.4, 0.5) is 0 Å². The normalized spacial score (nSPS) is 23.0. The van der Waals surface area contributed by atoms with Gasteiger partial charge in [-0.1, -0.05) is 60.7 Å². The first-order chi connectivity index (χ1) is 10.2. The Morgan fingerprint density at radius 2 is 1.62 bits per heavy atom. The Morgan fingerprint density at radius 1 is 1.00 bits per heavy atom.